The summed E-state index contributed by atoms with van der Waals surface area (Å²) >= 11 is 0. The lowest BCUT2D eigenvalue weighted by Crippen LogP contribution is -2.33. The molecular weight excluding hydrogens is 543 g/mol. The number of rotatable bonds is 11. The SMILES string of the molecule is CCCC[C@]1(c2ccccc2)C[C@]1(/C=C(\C)CS(=O)(=O)c1ccc(C)cc1)P(=O)(c1ccccc1)c1ccccc1. The largest absolute Gasteiger partial charge is 0.313 e. The van der Waals surface area contributed by atoms with Crippen LogP contribution in [-0.4, -0.2) is 19.3 Å². The van der Waals surface area contributed by atoms with Crippen molar-refractivity contribution in [2.45, 2.75) is 61.9 Å². The molecule has 1 aliphatic rings. The predicted molar refractivity (Wildman–Crippen MR) is 172 cm³/mol. The van der Waals surface area contributed by atoms with Gasteiger partial charge in [0.05, 0.1) is 15.8 Å². The Morgan fingerprint density at radius 3 is 1.83 bits per heavy atom. The van der Waals surface area contributed by atoms with Crippen molar-refractivity contribution in [1.82, 2.24) is 0 Å². The van der Waals surface area contributed by atoms with E-state index in [1.54, 1.807) is 12.1 Å². The molecule has 212 valence electrons. The standard InChI is InChI=1S/C36H39O3PS/c1-4-5-25-35(31-15-9-6-10-16-31)28-36(35,26-30(3)27-41(38,39)34-23-21-29(2)22-24-34)40(37,32-17-11-7-12-18-32)33-19-13-8-14-20-33/h6-24,26H,4-5,25,27-28H2,1-3H3/b30-26+/t35-,36+/m1/s1. The molecule has 0 saturated heterocycles. The first-order valence-corrected chi connectivity index (χ1v) is 17.8. The van der Waals surface area contributed by atoms with E-state index in [4.69, 9.17) is 0 Å². The van der Waals surface area contributed by atoms with Crippen LogP contribution in [0.5, 0.6) is 0 Å². The fraction of sp³-hybridized carbons (Fsp3) is 0.278. The highest BCUT2D eigenvalue weighted by Gasteiger charge is 2.74. The number of hydrogen-bond donors (Lipinski definition) is 0. The molecule has 0 amide bonds. The molecule has 1 saturated carbocycles. The van der Waals surface area contributed by atoms with E-state index >= 15 is 4.57 Å². The minimum atomic E-state index is -3.57. The second-order valence-electron chi connectivity index (χ2n) is 11.5. The summed E-state index contributed by atoms with van der Waals surface area (Å²) in [6.45, 7) is 6.02. The molecule has 41 heavy (non-hydrogen) atoms. The number of unbranched alkanes of at least 4 members (excludes halogenated alkanes) is 1. The smallest absolute Gasteiger partial charge is 0.182 e. The van der Waals surface area contributed by atoms with Gasteiger partial charge in [-0.05, 0) is 44.4 Å². The molecule has 4 aromatic rings. The number of aryl methyl sites for hydroxylation is 1. The van der Waals surface area contributed by atoms with Gasteiger partial charge in [-0.2, -0.15) is 0 Å². The van der Waals surface area contributed by atoms with Crippen LogP contribution < -0.4 is 10.6 Å². The molecule has 0 aromatic heterocycles. The van der Waals surface area contributed by atoms with Crippen LogP contribution in [0.2, 0.25) is 0 Å². The molecule has 1 fully saturated rings. The molecule has 0 radical (unpaired) electrons. The Kier molecular flexibility index (Phi) is 8.28. The van der Waals surface area contributed by atoms with Crippen LogP contribution in [-0.2, 0) is 19.8 Å². The summed E-state index contributed by atoms with van der Waals surface area (Å²) in [5, 5.41) is 0.864. The van der Waals surface area contributed by atoms with Gasteiger partial charge in [0.1, 0.15) is 0 Å². The van der Waals surface area contributed by atoms with E-state index in [-0.39, 0.29) is 11.2 Å². The summed E-state index contributed by atoms with van der Waals surface area (Å²) in [6.07, 6.45) is 5.70. The van der Waals surface area contributed by atoms with Crippen LogP contribution in [0.4, 0.5) is 0 Å². The topological polar surface area (TPSA) is 51.2 Å². The first-order chi connectivity index (χ1) is 19.7. The van der Waals surface area contributed by atoms with Crippen LogP contribution in [0.15, 0.2) is 132 Å². The summed E-state index contributed by atoms with van der Waals surface area (Å²) in [4.78, 5) is 0.315. The van der Waals surface area contributed by atoms with Gasteiger partial charge in [0.15, 0.2) is 17.0 Å². The maximum Gasteiger partial charge on any atom is 0.182 e. The van der Waals surface area contributed by atoms with Gasteiger partial charge in [-0.15, -0.1) is 0 Å². The average molecular weight is 583 g/mol. The van der Waals surface area contributed by atoms with Gasteiger partial charge in [-0.1, -0.05) is 140 Å². The fourth-order valence-corrected chi connectivity index (χ4v) is 12.2. The Labute approximate surface area is 245 Å². The third kappa shape index (κ3) is 5.29. The Balaban J connectivity index is 1.74. The van der Waals surface area contributed by atoms with Crippen molar-refractivity contribution in [3.63, 3.8) is 0 Å². The number of allylic oxidation sites excluding steroid dienone is 1. The van der Waals surface area contributed by atoms with E-state index in [2.05, 4.69) is 37.3 Å². The summed E-state index contributed by atoms with van der Waals surface area (Å²) < 4.78 is 43.2. The lowest BCUT2D eigenvalue weighted by molar-refractivity contribution is 0.539. The molecule has 5 heteroatoms. The van der Waals surface area contributed by atoms with E-state index in [0.29, 0.717) is 11.3 Å². The molecule has 0 heterocycles. The highest BCUT2D eigenvalue weighted by atomic mass is 32.2. The van der Waals surface area contributed by atoms with Crippen molar-refractivity contribution >= 4 is 27.6 Å². The van der Waals surface area contributed by atoms with Crippen molar-refractivity contribution in [2.24, 2.45) is 0 Å². The van der Waals surface area contributed by atoms with E-state index in [9.17, 15) is 8.42 Å². The summed E-state index contributed by atoms with van der Waals surface area (Å²) in [6, 6.07) is 37.1. The molecule has 0 unspecified atom stereocenters. The lowest BCUT2D eigenvalue weighted by Gasteiger charge is -2.33. The van der Waals surface area contributed by atoms with Gasteiger partial charge in [-0.3, -0.25) is 0 Å². The van der Waals surface area contributed by atoms with Gasteiger partial charge in [0, 0.05) is 16.0 Å². The first-order valence-electron chi connectivity index (χ1n) is 14.4. The number of benzene rings is 4. The Morgan fingerprint density at radius 1 is 0.805 bits per heavy atom. The Morgan fingerprint density at radius 2 is 1.32 bits per heavy atom. The van der Waals surface area contributed by atoms with Crippen molar-refractivity contribution in [3.05, 3.63) is 138 Å². The minimum absolute atomic E-state index is 0.111. The molecule has 4 aromatic carbocycles. The Bertz CT molecular complexity index is 1620. The van der Waals surface area contributed by atoms with Crippen molar-refractivity contribution in [2.75, 3.05) is 5.75 Å². The maximum absolute atomic E-state index is 16.1. The van der Waals surface area contributed by atoms with Crippen LogP contribution in [0.25, 0.3) is 0 Å². The molecule has 0 N–H and O–H groups in total. The van der Waals surface area contributed by atoms with E-state index < -0.39 is 22.1 Å². The molecule has 5 rings (SSSR count). The molecule has 0 aliphatic heterocycles. The van der Waals surface area contributed by atoms with Crippen LogP contribution in [0.1, 0.15) is 50.7 Å². The second-order valence-corrected chi connectivity index (χ2v) is 16.5. The van der Waals surface area contributed by atoms with Crippen molar-refractivity contribution in [1.29, 1.82) is 0 Å². The lowest BCUT2D eigenvalue weighted by atomic mass is 9.87. The minimum Gasteiger partial charge on any atom is -0.313 e. The van der Waals surface area contributed by atoms with Crippen molar-refractivity contribution < 1.29 is 13.0 Å². The third-order valence-electron chi connectivity index (χ3n) is 8.64. The first kappa shape index (κ1) is 29.3. The third-order valence-corrected chi connectivity index (χ3v) is 14.4. The summed E-state index contributed by atoms with van der Waals surface area (Å²) in [5.74, 6) is -0.111. The van der Waals surface area contributed by atoms with Gasteiger partial charge in [0.2, 0.25) is 0 Å². The zero-order valence-electron chi connectivity index (χ0n) is 24.2. The number of hydrogen-bond acceptors (Lipinski definition) is 3. The van der Waals surface area contributed by atoms with Gasteiger partial charge < -0.3 is 4.57 Å². The molecule has 3 nitrogen and oxygen atoms in total. The zero-order valence-corrected chi connectivity index (χ0v) is 25.9. The van der Waals surface area contributed by atoms with Crippen LogP contribution in [0.3, 0.4) is 0 Å². The van der Waals surface area contributed by atoms with Crippen LogP contribution in [0, 0.1) is 6.92 Å². The van der Waals surface area contributed by atoms with E-state index in [1.807, 2.05) is 92.7 Å². The maximum atomic E-state index is 16.1. The molecule has 0 spiro atoms. The molecule has 1 aliphatic carbocycles. The van der Waals surface area contributed by atoms with Gasteiger partial charge in [0.25, 0.3) is 0 Å². The molecule has 2 atom stereocenters. The fourth-order valence-electron chi connectivity index (χ4n) is 6.61. The van der Waals surface area contributed by atoms with E-state index in [0.717, 1.165) is 41.0 Å². The van der Waals surface area contributed by atoms with Gasteiger partial charge in [-0.25, -0.2) is 8.42 Å². The average Bonchev–Trinajstić information content (AvgIpc) is 3.65. The second kappa shape index (κ2) is 11.6. The monoisotopic (exact) mass is 582 g/mol. The summed E-state index contributed by atoms with van der Waals surface area (Å²) in [5.41, 5.74) is 2.54. The van der Waals surface area contributed by atoms with E-state index in [1.165, 1.54) is 5.56 Å². The molecule has 0 bridgehead atoms. The summed E-state index contributed by atoms with van der Waals surface area (Å²) in [7, 11) is -6.88. The zero-order chi connectivity index (χ0) is 29.1. The molecular formula is C36H39O3PS. The highest BCUT2D eigenvalue weighted by Crippen LogP contribution is 2.80. The normalized spacial score (nSPS) is 21.0. The van der Waals surface area contributed by atoms with Gasteiger partial charge >= 0.3 is 0 Å². The quantitative estimate of drug-likeness (QED) is 0.133. The highest BCUT2D eigenvalue weighted by molar-refractivity contribution is 7.91. The Hall–Kier alpha value is -3.20. The number of sulfone groups is 1. The van der Waals surface area contributed by atoms with Crippen molar-refractivity contribution in [3.8, 4) is 0 Å². The van der Waals surface area contributed by atoms with Crippen LogP contribution >= 0.6 is 7.14 Å². The predicted octanol–water partition coefficient (Wildman–Crippen LogP) is 8.00.